The van der Waals surface area contributed by atoms with E-state index < -0.39 is 5.82 Å². The second-order valence-electron chi connectivity index (χ2n) is 6.04. The summed E-state index contributed by atoms with van der Waals surface area (Å²) in [5.41, 5.74) is 7.11. The standard InChI is InChI=1S/C16H19ClFN5O.ClH/c1-9-15(16(24)20-14-4-2-3-10(14)8-19)21-22-23(9)11-5-6-13(18)12(17)7-11;/h5-7,10,14H,2-4,8,19H2,1H3,(H,20,24);1H. The molecule has 1 aliphatic rings. The van der Waals surface area contributed by atoms with E-state index in [1.54, 1.807) is 6.92 Å². The molecule has 0 bridgehead atoms. The van der Waals surface area contributed by atoms with Crippen LogP contribution in [0.4, 0.5) is 4.39 Å². The number of nitrogens with zero attached hydrogens (tertiary/aromatic N) is 3. The SMILES string of the molecule is Cc1c(C(=O)NC2CCCC2CN)nnn1-c1ccc(F)c(Cl)c1.Cl. The first-order chi connectivity index (χ1) is 11.5. The second kappa shape index (κ2) is 8.12. The Kier molecular flexibility index (Phi) is 6.37. The van der Waals surface area contributed by atoms with Crippen molar-refractivity contribution in [3.05, 3.63) is 40.4 Å². The van der Waals surface area contributed by atoms with Gasteiger partial charge in [0.1, 0.15) is 5.82 Å². The molecule has 0 aliphatic heterocycles. The maximum Gasteiger partial charge on any atom is 0.273 e. The molecule has 1 fully saturated rings. The summed E-state index contributed by atoms with van der Waals surface area (Å²) in [5, 5.41) is 11.0. The summed E-state index contributed by atoms with van der Waals surface area (Å²) in [6.07, 6.45) is 3.02. The molecule has 3 rings (SSSR count). The van der Waals surface area contributed by atoms with Gasteiger partial charge in [0.25, 0.3) is 5.91 Å². The average molecular weight is 388 g/mol. The van der Waals surface area contributed by atoms with E-state index in [-0.39, 0.29) is 35.1 Å². The van der Waals surface area contributed by atoms with Crippen LogP contribution < -0.4 is 11.1 Å². The molecule has 6 nitrogen and oxygen atoms in total. The van der Waals surface area contributed by atoms with Crippen molar-refractivity contribution in [2.24, 2.45) is 11.7 Å². The molecule has 1 amide bonds. The number of benzene rings is 1. The Labute approximate surface area is 156 Å². The first-order valence-electron chi connectivity index (χ1n) is 7.90. The summed E-state index contributed by atoms with van der Waals surface area (Å²) in [5.74, 6) is -0.470. The minimum atomic E-state index is -0.509. The highest BCUT2D eigenvalue weighted by atomic mass is 35.5. The summed E-state index contributed by atoms with van der Waals surface area (Å²) >= 11 is 5.80. The molecule has 136 valence electrons. The quantitative estimate of drug-likeness (QED) is 0.843. The minimum absolute atomic E-state index is 0. The highest BCUT2D eigenvalue weighted by Crippen LogP contribution is 2.25. The molecule has 25 heavy (non-hydrogen) atoms. The highest BCUT2D eigenvalue weighted by molar-refractivity contribution is 6.30. The number of carbonyl (C=O) groups is 1. The van der Waals surface area contributed by atoms with Crippen LogP contribution in [0.3, 0.4) is 0 Å². The molecule has 3 N–H and O–H groups in total. The van der Waals surface area contributed by atoms with E-state index in [4.69, 9.17) is 17.3 Å². The molecular weight excluding hydrogens is 368 g/mol. The van der Waals surface area contributed by atoms with Crippen molar-refractivity contribution < 1.29 is 9.18 Å². The van der Waals surface area contributed by atoms with Crippen LogP contribution in [0.1, 0.15) is 35.4 Å². The fourth-order valence-electron chi connectivity index (χ4n) is 3.15. The number of aromatic nitrogens is 3. The summed E-state index contributed by atoms with van der Waals surface area (Å²) in [6, 6.07) is 4.31. The molecule has 9 heteroatoms. The molecule has 0 radical (unpaired) electrons. The van der Waals surface area contributed by atoms with Crippen LogP contribution in [0.2, 0.25) is 5.02 Å². The molecule has 1 aromatic carbocycles. The van der Waals surface area contributed by atoms with Crippen molar-refractivity contribution in [1.29, 1.82) is 0 Å². The Morgan fingerprint density at radius 2 is 2.24 bits per heavy atom. The minimum Gasteiger partial charge on any atom is -0.348 e. The number of hydrogen-bond acceptors (Lipinski definition) is 4. The lowest BCUT2D eigenvalue weighted by Gasteiger charge is -2.18. The summed E-state index contributed by atoms with van der Waals surface area (Å²) in [7, 11) is 0. The van der Waals surface area contributed by atoms with Crippen LogP contribution in [0.25, 0.3) is 5.69 Å². The highest BCUT2D eigenvalue weighted by Gasteiger charge is 2.29. The Morgan fingerprint density at radius 1 is 1.48 bits per heavy atom. The van der Waals surface area contributed by atoms with Crippen LogP contribution >= 0.6 is 24.0 Å². The predicted molar refractivity (Wildman–Crippen MR) is 96.0 cm³/mol. The average Bonchev–Trinajstić information content (AvgIpc) is 3.16. The van der Waals surface area contributed by atoms with E-state index in [0.29, 0.717) is 23.8 Å². The van der Waals surface area contributed by atoms with Crippen molar-refractivity contribution in [1.82, 2.24) is 20.3 Å². The lowest BCUT2D eigenvalue weighted by atomic mass is 10.0. The van der Waals surface area contributed by atoms with Gasteiger partial charge in [0.15, 0.2) is 5.69 Å². The third-order valence-corrected chi connectivity index (χ3v) is 4.83. The molecule has 1 heterocycles. The van der Waals surface area contributed by atoms with Crippen molar-refractivity contribution in [2.75, 3.05) is 6.54 Å². The van der Waals surface area contributed by atoms with Gasteiger partial charge in [-0.3, -0.25) is 4.79 Å². The largest absolute Gasteiger partial charge is 0.348 e. The summed E-state index contributed by atoms with van der Waals surface area (Å²) < 4.78 is 14.8. The Bertz CT molecular complexity index is 767. The van der Waals surface area contributed by atoms with Gasteiger partial charge in [0.2, 0.25) is 0 Å². The lowest BCUT2D eigenvalue weighted by Crippen LogP contribution is -2.40. The molecule has 2 unspecified atom stereocenters. The van der Waals surface area contributed by atoms with E-state index in [1.807, 2.05) is 0 Å². The van der Waals surface area contributed by atoms with Gasteiger partial charge in [-0.25, -0.2) is 9.07 Å². The van der Waals surface area contributed by atoms with Gasteiger partial charge in [0, 0.05) is 6.04 Å². The molecule has 2 aromatic rings. The second-order valence-corrected chi connectivity index (χ2v) is 6.45. The normalized spacial score (nSPS) is 19.5. The van der Waals surface area contributed by atoms with Crippen LogP contribution in [0, 0.1) is 18.7 Å². The molecular formula is C16H20Cl2FN5O. The number of nitrogens with two attached hydrogens (primary N) is 1. The fraction of sp³-hybridized carbons (Fsp3) is 0.438. The summed E-state index contributed by atoms with van der Waals surface area (Å²) in [6.45, 7) is 2.30. The number of amides is 1. The van der Waals surface area contributed by atoms with E-state index in [9.17, 15) is 9.18 Å². The van der Waals surface area contributed by atoms with Crippen molar-refractivity contribution in [3.63, 3.8) is 0 Å². The smallest absolute Gasteiger partial charge is 0.273 e. The van der Waals surface area contributed by atoms with E-state index in [1.165, 1.54) is 22.9 Å². The Morgan fingerprint density at radius 3 is 2.92 bits per heavy atom. The zero-order valence-electron chi connectivity index (χ0n) is 13.7. The van der Waals surface area contributed by atoms with Crippen LogP contribution in [-0.2, 0) is 0 Å². The van der Waals surface area contributed by atoms with Gasteiger partial charge >= 0.3 is 0 Å². The number of hydrogen-bond donors (Lipinski definition) is 2. The van der Waals surface area contributed by atoms with E-state index >= 15 is 0 Å². The predicted octanol–water partition coefficient (Wildman–Crippen LogP) is 2.65. The first kappa shape index (κ1) is 19.6. The number of rotatable bonds is 4. The molecule has 0 spiro atoms. The first-order valence-corrected chi connectivity index (χ1v) is 8.27. The van der Waals surface area contributed by atoms with Gasteiger partial charge in [-0.1, -0.05) is 23.2 Å². The van der Waals surface area contributed by atoms with Gasteiger partial charge in [-0.05, 0) is 50.4 Å². The van der Waals surface area contributed by atoms with Gasteiger partial charge < -0.3 is 11.1 Å². The van der Waals surface area contributed by atoms with Crippen LogP contribution in [-0.4, -0.2) is 33.5 Å². The van der Waals surface area contributed by atoms with Gasteiger partial charge in [-0.2, -0.15) is 0 Å². The van der Waals surface area contributed by atoms with E-state index in [0.717, 1.165) is 19.3 Å². The van der Waals surface area contributed by atoms with Gasteiger partial charge in [-0.15, -0.1) is 17.5 Å². The van der Waals surface area contributed by atoms with Crippen molar-refractivity contribution >= 4 is 29.9 Å². The molecule has 0 saturated heterocycles. The topological polar surface area (TPSA) is 85.8 Å². The van der Waals surface area contributed by atoms with E-state index in [2.05, 4.69) is 15.6 Å². The molecule has 2 atom stereocenters. The van der Waals surface area contributed by atoms with Crippen LogP contribution in [0.5, 0.6) is 0 Å². The number of nitrogens with one attached hydrogen (secondary N) is 1. The third kappa shape index (κ3) is 3.94. The fourth-order valence-corrected chi connectivity index (χ4v) is 3.32. The van der Waals surface area contributed by atoms with Crippen molar-refractivity contribution in [2.45, 2.75) is 32.2 Å². The zero-order chi connectivity index (χ0) is 17.3. The van der Waals surface area contributed by atoms with Gasteiger partial charge in [0.05, 0.1) is 16.4 Å². The lowest BCUT2D eigenvalue weighted by molar-refractivity contribution is 0.0923. The Hall–Kier alpha value is -1.70. The zero-order valence-corrected chi connectivity index (χ0v) is 15.3. The number of carbonyl (C=O) groups excluding carboxylic acids is 1. The third-order valence-electron chi connectivity index (χ3n) is 4.54. The summed E-state index contributed by atoms with van der Waals surface area (Å²) in [4.78, 5) is 12.5. The Balaban J connectivity index is 0.00000225. The molecule has 1 aromatic heterocycles. The molecule has 1 aliphatic carbocycles. The van der Waals surface area contributed by atoms with Crippen molar-refractivity contribution in [3.8, 4) is 5.69 Å². The number of halogens is 3. The maximum absolute atomic E-state index is 13.3. The monoisotopic (exact) mass is 387 g/mol. The maximum atomic E-state index is 13.3. The van der Waals surface area contributed by atoms with Crippen LogP contribution in [0.15, 0.2) is 18.2 Å². The molecule has 1 saturated carbocycles.